The first kappa shape index (κ1) is 13.5. The molecule has 2 unspecified atom stereocenters. The molecule has 0 aromatic heterocycles. The molecule has 0 N–H and O–H groups in total. The van der Waals surface area contributed by atoms with E-state index in [1.807, 2.05) is 0 Å². The van der Waals surface area contributed by atoms with E-state index in [9.17, 15) is 13.6 Å². The zero-order chi connectivity index (χ0) is 13.1. The predicted octanol–water partition coefficient (Wildman–Crippen LogP) is 4.45. The number of benzene rings is 1. The summed E-state index contributed by atoms with van der Waals surface area (Å²) in [5.41, 5.74) is 0.0476. The second-order valence-corrected chi connectivity index (χ2v) is 6.25. The Hall–Kier alpha value is -0.900. The predicted molar refractivity (Wildman–Crippen MR) is 69.0 cm³/mol. The van der Waals surface area contributed by atoms with E-state index < -0.39 is 11.6 Å². The van der Waals surface area contributed by atoms with Crippen LogP contribution in [-0.4, -0.2) is 11.5 Å². The molecule has 0 bridgehead atoms. The van der Waals surface area contributed by atoms with Gasteiger partial charge < -0.3 is 0 Å². The van der Waals surface area contributed by atoms with Gasteiger partial charge in [0.15, 0.2) is 0 Å². The summed E-state index contributed by atoms with van der Waals surface area (Å²) >= 11 is 1.27. The number of carbonyl (C=O) groups is 1. The number of aldehydes is 1. The monoisotopic (exact) mass is 270 g/mol. The van der Waals surface area contributed by atoms with E-state index in [4.69, 9.17) is 0 Å². The van der Waals surface area contributed by atoms with Crippen LogP contribution >= 0.6 is 11.8 Å². The first-order valence-corrected chi connectivity index (χ1v) is 7.09. The number of halogens is 2. The third kappa shape index (κ3) is 3.10. The van der Waals surface area contributed by atoms with Crippen LogP contribution in [0.4, 0.5) is 8.78 Å². The summed E-state index contributed by atoms with van der Waals surface area (Å²) in [6.45, 7) is 2.18. The lowest BCUT2D eigenvalue weighted by Crippen LogP contribution is -2.15. The summed E-state index contributed by atoms with van der Waals surface area (Å²) in [6, 6.07) is 2.20. The van der Waals surface area contributed by atoms with Gasteiger partial charge in [0.1, 0.15) is 17.9 Å². The van der Waals surface area contributed by atoms with E-state index in [2.05, 4.69) is 6.92 Å². The maximum absolute atomic E-state index is 13.7. The van der Waals surface area contributed by atoms with Gasteiger partial charge in [0.05, 0.1) is 4.90 Å². The maximum atomic E-state index is 13.7. The molecule has 0 heterocycles. The Morgan fingerprint density at radius 1 is 1.28 bits per heavy atom. The average molecular weight is 270 g/mol. The minimum absolute atomic E-state index is 0.0476. The molecular weight excluding hydrogens is 254 g/mol. The highest BCUT2D eigenvalue weighted by molar-refractivity contribution is 8.00. The Bertz CT molecular complexity index is 424. The maximum Gasteiger partial charge on any atom is 0.150 e. The molecule has 1 aromatic rings. The highest BCUT2D eigenvalue weighted by atomic mass is 32.2. The van der Waals surface area contributed by atoms with Crippen LogP contribution in [0.25, 0.3) is 0 Å². The van der Waals surface area contributed by atoms with E-state index in [0.29, 0.717) is 12.2 Å². The SMILES string of the molecule is CC1CCCC(Sc2c(F)cc(C=O)cc2F)C1. The second kappa shape index (κ2) is 5.83. The van der Waals surface area contributed by atoms with Gasteiger partial charge in [-0.15, -0.1) is 11.8 Å². The zero-order valence-electron chi connectivity index (χ0n) is 10.3. The van der Waals surface area contributed by atoms with Crippen molar-refractivity contribution in [2.45, 2.75) is 42.8 Å². The second-order valence-electron chi connectivity index (χ2n) is 4.94. The van der Waals surface area contributed by atoms with Crippen LogP contribution in [0.5, 0.6) is 0 Å². The van der Waals surface area contributed by atoms with Crippen LogP contribution < -0.4 is 0 Å². The Morgan fingerprint density at radius 2 is 1.94 bits per heavy atom. The smallest absolute Gasteiger partial charge is 0.150 e. The zero-order valence-corrected chi connectivity index (χ0v) is 11.1. The van der Waals surface area contributed by atoms with Gasteiger partial charge in [0.25, 0.3) is 0 Å². The molecular formula is C14H16F2OS. The Kier molecular flexibility index (Phi) is 4.38. The summed E-state index contributed by atoms with van der Waals surface area (Å²) < 4.78 is 27.5. The fourth-order valence-electron chi connectivity index (χ4n) is 2.41. The first-order chi connectivity index (χ1) is 8.60. The largest absolute Gasteiger partial charge is 0.298 e. The van der Waals surface area contributed by atoms with Crippen LogP contribution in [0.1, 0.15) is 43.0 Å². The van der Waals surface area contributed by atoms with Crippen LogP contribution in [0, 0.1) is 17.6 Å². The molecule has 1 saturated carbocycles. The van der Waals surface area contributed by atoms with Crippen molar-refractivity contribution in [3.05, 3.63) is 29.3 Å². The van der Waals surface area contributed by atoms with Crippen molar-refractivity contribution >= 4 is 18.0 Å². The van der Waals surface area contributed by atoms with Crippen LogP contribution in [0.15, 0.2) is 17.0 Å². The van der Waals surface area contributed by atoms with Crippen molar-refractivity contribution < 1.29 is 13.6 Å². The molecule has 2 atom stereocenters. The molecule has 0 spiro atoms. The van der Waals surface area contributed by atoms with Crippen LogP contribution in [-0.2, 0) is 0 Å². The quantitative estimate of drug-likeness (QED) is 0.755. The molecule has 18 heavy (non-hydrogen) atoms. The first-order valence-electron chi connectivity index (χ1n) is 6.21. The number of hydrogen-bond donors (Lipinski definition) is 0. The molecule has 0 amide bonds. The highest BCUT2D eigenvalue weighted by Gasteiger charge is 2.23. The van der Waals surface area contributed by atoms with Crippen LogP contribution in [0.2, 0.25) is 0 Å². The van der Waals surface area contributed by atoms with Gasteiger partial charge >= 0.3 is 0 Å². The molecule has 1 aliphatic rings. The van der Waals surface area contributed by atoms with Crippen molar-refractivity contribution in [3.63, 3.8) is 0 Å². The molecule has 4 heteroatoms. The van der Waals surface area contributed by atoms with Gasteiger partial charge in [0, 0.05) is 10.8 Å². The Labute approximate surface area is 110 Å². The van der Waals surface area contributed by atoms with E-state index in [0.717, 1.165) is 31.4 Å². The van der Waals surface area contributed by atoms with Gasteiger partial charge in [-0.25, -0.2) is 8.78 Å². The molecule has 1 aliphatic carbocycles. The number of carbonyl (C=O) groups excluding carboxylic acids is 1. The van der Waals surface area contributed by atoms with Crippen molar-refractivity contribution in [2.75, 3.05) is 0 Å². The summed E-state index contributed by atoms with van der Waals surface area (Å²) in [4.78, 5) is 10.6. The number of rotatable bonds is 3. The summed E-state index contributed by atoms with van der Waals surface area (Å²) in [5.74, 6) is -0.628. The lowest BCUT2D eigenvalue weighted by molar-refractivity contribution is 0.112. The topological polar surface area (TPSA) is 17.1 Å². The molecule has 0 saturated heterocycles. The van der Waals surface area contributed by atoms with Crippen molar-refractivity contribution in [1.29, 1.82) is 0 Å². The lowest BCUT2D eigenvalue weighted by atomic mass is 9.91. The number of hydrogen-bond acceptors (Lipinski definition) is 2. The third-order valence-electron chi connectivity index (χ3n) is 3.33. The molecule has 98 valence electrons. The van der Waals surface area contributed by atoms with Crippen molar-refractivity contribution in [1.82, 2.24) is 0 Å². The highest BCUT2D eigenvalue weighted by Crippen LogP contribution is 2.38. The standard InChI is InChI=1S/C14H16F2OS/c1-9-3-2-4-11(5-9)18-14-12(15)6-10(8-17)7-13(14)16/h6-9,11H,2-5H2,1H3. The van der Waals surface area contributed by atoms with Crippen molar-refractivity contribution in [2.24, 2.45) is 5.92 Å². The minimum Gasteiger partial charge on any atom is -0.298 e. The summed E-state index contributed by atoms with van der Waals surface area (Å²) in [5, 5.41) is 0.278. The van der Waals surface area contributed by atoms with E-state index in [1.165, 1.54) is 18.2 Å². The lowest BCUT2D eigenvalue weighted by Gasteiger charge is -2.26. The van der Waals surface area contributed by atoms with E-state index >= 15 is 0 Å². The normalized spacial score (nSPS) is 23.9. The van der Waals surface area contributed by atoms with E-state index in [1.54, 1.807) is 0 Å². The molecule has 0 aliphatic heterocycles. The average Bonchev–Trinajstić information content (AvgIpc) is 2.33. The Balaban J connectivity index is 2.15. The molecule has 2 rings (SSSR count). The minimum atomic E-state index is -0.625. The molecule has 1 aromatic carbocycles. The van der Waals surface area contributed by atoms with Crippen LogP contribution in [0.3, 0.4) is 0 Å². The van der Waals surface area contributed by atoms with Gasteiger partial charge in [-0.05, 0) is 30.9 Å². The fourth-order valence-corrected chi connectivity index (χ4v) is 3.80. The molecule has 1 nitrogen and oxygen atoms in total. The van der Waals surface area contributed by atoms with Gasteiger partial charge in [-0.3, -0.25) is 4.79 Å². The van der Waals surface area contributed by atoms with Gasteiger partial charge in [-0.1, -0.05) is 19.8 Å². The van der Waals surface area contributed by atoms with Gasteiger partial charge in [0.2, 0.25) is 0 Å². The Morgan fingerprint density at radius 3 is 2.50 bits per heavy atom. The van der Waals surface area contributed by atoms with Gasteiger partial charge in [-0.2, -0.15) is 0 Å². The summed E-state index contributed by atoms with van der Waals surface area (Å²) in [7, 11) is 0. The molecule has 0 radical (unpaired) electrons. The number of thioether (sulfide) groups is 1. The fraction of sp³-hybridized carbons (Fsp3) is 0.500. The summed E-state index contributed by atoms with van der Waals surface area (Å²) in [6.07, 6.45) is 4.78. The third-order valence-corrected chi connectivity index (χ3v) is 4.72. The molecule has 1 fully saturated rings. The van der Waals surface area contributed by atoms with Crippen molar-refractivity contribution in [3.8, 4) is 0 Å². The van der Waals surface area contributed by atoms with E-state index in [-0.39, 0.29) is 15.7 Å².